The van der Waals surface area contributed by atoms with Crippen molar-refractivity contribution in [3.8, 4) is 0 Å². The Hall–Kier alpha value is -3.12. The van der Waals surface area contributed by atoms with E-state index in [0.717, 1.165) is 0 Å². The van der Waals surface area contributed by atoms with Crippen molar-refractivity contribution in [1.29, 1.82) is 0 Å². The minimum absolute atomic E-state index is 0.00676. The smallest absolute Gasteiger partial charge is 0.291 e. The van der Waals surface area contributed by atoms with Crippen LogP contribution in [0, 0.1) is 5.82 Å². The maximum absolute atomic E-state index is 13.8. The van der Waals surface area contributed by atoms with Crippen molar-refractivity contribution in [2.45, 2.75) is 0 Å². The summed E-state index contributed by atoms with van der Waals surface area (Å²) in [6, 6.07) is 13.6. The van der Waals surface area contributed by atoms with Crippen molar-refractivity contribution < 1.29 is 18.4 Å². The van der Waals surface area contributed by atoms with E-state index in [4.69, 9.17) is 16.0 Å². The van der Waals surface area contributed by atoms with Gasteiger partial charge in [0.1, 0.15) is 0 Å². The van der Waals surface area contributed by atoms with Gasteiger partial charge in [0.2, 0.25) is 0 Å². The zero-order chi connectivity index (χ0) is 17.8. The van der Waals surface area contributed by atoms with E-state index in [1.165, 1.54) is 42.7 Å². The summed E-state index contributed by atoms with van der Waals surface area (Å²) in [6.45, 7) is 0. The summed E-state index contributed by atoms with van der Waals surface area (Å²) in [7, 11) is 0. The van der Waals surface area contributed by atoms with Crippen LogP contribution in [0.3, 0.4) is 0 Å². The largest absolute Gasteiger partial charge is 0.459 e. The number of hydrogen-bond donors (Lipinski definition) is 2. The van der Waals surface area contributed by atoms with Gasteiger partial charge >= 0.3 is 0 Å². The molecule has 3 rings (SSSR count). The third kappa shape index (κ3) is 3.87. The normalized spacial score (nSPS) is 10.3. The molecular formula is C18H12ClFN2O3. The average molecular weight is 359 g/mol. The van der Waals surface area contributed by atoms with Crippen LogP contribution in [0.4, 0.5) is 15.8 Å². The molecule has 126 valence electrons. The lowest BCUT2D eigenvalue weighted by Crippen LogP contribution is -2.14. The molecule has 1 aromatic heterocycles. The molecule has 25 heavy (non-hydrogen) atoms. The molecule has 0 bridgehead atoms. The number of nitrogens with one attached hydrogen (secondary N) is 2. The van der Waals surface area contributed by atoms with E-state index in [9.17, 15) is 14.0 Å². The second-order valence-corrected chi connectivity index (χ2v) is 5.47. The second-order valence-electron chi connectivity index (χ2n) is 5.06. The highest BCUT2D eigenvalue weighted by Crippen LogP contribution is 2.22. The number of hydrogen-bond acceptors (Lipinski definition) is 3. The standard InChI is InChI=1S/C18H12ClFN2O3/c19-13-3-1-4-14(16(13)20)22-17(23)11-6-8-12(9-7-11)21-18(24)15-5-2-10-25-15/h1-10H,(H,21,24)(H,22,23). The minimum atomic E-state index is -0.695. The van der Waals surface area contributed by atoms with Gasteiger partial charge in [0.05, 0.1) is 17.0 Å². The van der Waals surface area contributed by atoms with Gasteiger partial charge in [-0.05, 0) is 48.5 Å². The molecule has 0 radical (unpaired) electrons. The maximum Gasteiger partial charge on any atom is 0.291 e. The van der Waals surface area contributed by atoms with E-state index in [1.807, 2.05) is 0 Å². The van der Waals surface area contributed by atoms with E-state index in [-0.39, 0.29) is 16.5 Å². The number of amides is 2. The van der Waals surface area contributed by atoms with Crippen molar-refractivity contribution in [2.24, 2.45) is 0 Å². The summed E-state index contributed by atoms with van der Waals surface area (Å²) in [4.78, 5) is 24.0. The fourth-order valence-electron chi connectivity index (χ4n) is 2.10. The molecule has 0 saturated carbocycles. The van der Waals surface area contributed by atoms with Crippen LogP contribution in [0.2, 0.25) is 5.02 Å². The molecule has 0 unspecified atom stereocenters. The van der Waals surface area contributed by atoms with Crippen LogP contribution in [0.25, 0.3) is 0 Å². The minimum Gasteiger partial charge on any atom is -0.459 e. The Morgan fingerprint density at radius 1 is 0.920 bits per heavy atom. The molecular weight excluding hydrogens is 347 g/mol. The number of benzene rings is 2. The average Bonchev–Trinajstić information content (AvgIpc) is 3.14. The fraction of sp³-hybridized carbons (Fsp3) is 0. The molecule has 0 atom stereocenters. The third-order valence-corrected chi connectivity index (χ3v) is 3.64. The van der Waals surface area contributed by atoms with Crippen molar-refractivity contribution >= 4 is 34.8 Å². The van der Waals surface area contributed by atoms with Crippen molar-refractivity contribution in [3.05, 3.63) is 83.0 Å². The molecule has 0 fully saturated rings. The number of furan rings is 1. The van der Waals surface area contributed by atoms with E-state index < -0.39 is 17.6 Å². The first-order valence-electron chi connectivity index (χ1n) is 7.25. The van der Waals surface area contributed by atoms with Gasteiger partial charge in [-0.15, -0.1) is 0 Å². The van der Waals surface area contributed by atoms with Crippen LogP contribution < -0.4 is 10.6 Å². The quantitative estimate of drug-likeness (QED) is 0.717. The summed E-state index contributed by atoms with van der Waals surface area (Å²) in [5.41, 5.74) is 0.787. The van der Waals surface area contributed by atoms with Crippen LogP contribution in [0.1, 0.15) is 20.9 Å². The molecule has 3 aromatic rings. The number of anilines is 2. The highest BCUT2D eigenvalue weighted by molar-refractivity contribution is 6.31. The Morgan fingerprint density at radius 3 is 2.36 bits per heavy atom. The Labute approximate surface area is 147 Å². The van der Waals surface area contributed by atoms with Crippen LogP contribution in [0.15, 0.2) is 65.3 Å². The lowest BCUT2D eigenvalue weighted by atomic mass is 10.2. The Kier molecular flexibility index (Phi) is 4.81. The van der Waals surface area contributed by atoms with Gasteiger partial charge < -0.3 is 15.1 Å². The lowest BCUT2D eigenvalue weighted by Gasteiger charge is -2.08. The summed E-state index contributed by atoms with van der Waals surface area (Å²) >= 11 is 5.68. The monoisotopic (exact) mass is 358 g/mol. The molecule has 2 amide bonds. The van der Waals surface area contributed by atoms with Gasteiger partial charge in [-0.1, -0.05) is 17.7 Å². The first-order valence-corrected chi connectivity index (χ1v) is 7.62. The van der Waals surface area contributed by atoms with Crippen LogP contribution in [0.5, 0.6) is 0 Å². The molecule has 0 saturated heterocycles. The Morgan fingerprint density at radius 2 is 1.68 bits per heavy atom. The first-order chi connectivity index (χ1) is 12.0. The molecule has 5 nitrogen and oxygen atoms in total. The van der Waals surface area contributed by atoms with E-state index in [0.29, 0.717) is 11.3 Å². The van der Waals surface area contributed by atoms with Gasteiger partial charge in [-0.2, -0.15) is 0 Å². The molecule has 7 heteroatoms. The summed E-state index contributed by atoms with van der Waals surface area (Å²) in [5, 5.41) is 5.01. The fourth-order valence-corrected chi connectivity index (χ4v) is 2.27. The summed E-state index contributed by atoms with van der Waals surface area (Å²) in [6.07, 6.45) is 1.40. The molecule has 2 N–H and O–H groups in total. The van der Waals surface area contributed by atoms with Gasteiger partial charge in [0.15, 0.2) is 11.6 Å². The van der Waals surface area contributed by atoms with E-state index >= 15 is 0 Å². The Bertz CT molecular complexity index is 909. The first kappa shape index (κ1) is 16.7. The molecule has 2 aromatic carbocycles. The number of halogens is 2. The topological polar surface area (TPSA) is 71.3 Å². The molecule has 1 heterocycles. The lowest BCUT2D eigenvalue weighted by molar-refractivity contribution is 0.0995. The second kappa shape index (κ2) is 7.19. The predicted molar refractivity (Wildman–Crippen MR) is 92.5 cm³/mol. The van der Waals surface area contributed by atoms with Crippen molar-refractivity contribution in [1.82, 2.24) is 0 Å². The van der Waals surface area contributed by atoms with Crippen LogP contribution >= 0.6 is 11.6 Å². The number of carbonyl (C=O) groups excluding carboxylic acids is 2. The summed E-state index contributed by atoms with van der Waals surface area (Å²) < 4.78 is 18.8. The molecule has 0 spiro atoms. The SMILES string of the molecule is O=C(Nc1cccc(Cl)c1F)c1ccc(NC(=O)c2ccco2)cc1. The van der Waals surface area contributed by atoms with Crippen molar-refractivity contribution in [3.63, 3.8) is 0 Å². The van der Waals surface area contributed by atoms with Crippen LogP contribution in [-0.4, -0.2) is 11.8 Å². The molecule has 0 aliphatic heterocycles. The van der Waals surface area contributed by atoms with Gasteiger partial charge in [-0.3, -0.25) is 9.59 Å². The van der Waals surface area contributed by atoms with Gasteiger partial charge in [-0.25, -0.2) is 4.39 Å². The zero-order valence-corrected chi connectivity index (χ0v) is 13.5. The Balaban J connectivity index is 1.68. The highest BCUT2D eigenvalue weighted by atomic mass is 35.5. The predicted octanol–water partition coefficient (Wildman–Crippen LogP) is 4.58. The van der Waals surface area contributed by atoms with Crippen LogP contribution in [-0.2, 0) is 0 Å². The van der Waals surface area contributed by atoms with E-state index in [2.05, 4.69) is 10.6 Å². The number of rotatable bonds is 4. The highest BCUT2D eigenvalue weighted by Gasteiger charge is 2.12. The number of carbonyl (C=O) groups is 2. The zero-order valence-electron chi connectivity index (χ0n) is 12.8. The van der Waals surface area contributed by atoms with Gasteiger partial charge in [0, 0.05) is 11.3 Å². The van der Waals surface area contributed by atoms with Crippen molar-refractivity contribution in [2.75, 3.05) is 10.6 Å². The molecule has 0 aliphatic carbocycles. The molecule has 0 aliphatic rings. The maximum atomic E-state index is 13.8. The van der Waals surface area contributed by atoms with E-state index in [1.54, 1.807) is 18.2 Å². The summed E-state index contributed by atoms with van der Waals surface area (Å²) in [5.74, 6) is -1.41. The van der Waals surface area contributed by atoms with Gasteiger partial charge in [0.25, 0.3) is 11.8 Å². The third-order valence-electron chi connectivity index (χ3n) is 3.35.